The summed E-state index contributed by atoms with van der Waals surface area (Å²) in [6.45, 7) is 0. The van der Waals surface area contributed by atoms with Gasteiger partial charge < -0.3 is 4.42 Å². The molecule has 6 aromatic carbocycles. The van der Waals surface area contributed by atoms with Crippen molar-refractivity contribution in [1.82, 2.24) is 15.0 Å². The van der Waals surface area contributed by atoms with Gasteiger partial charge in [-0.3, -0.25) is 0 Å². The van der Waals surface area contributed by atoms with E-state index >= 15 is 0 Å². The highest BCUT2D eigenvalue weighted by atomic mass is 16.3. The van der Waals surface area contributed by atoms with Crippen molar-refractivity contribution in [2.75, 3.05) is 0 Å². The number of fused-ring (bicyclic) bond motifs is 3. The molecule has 0 aliphatic rings. The zero-order valence-electron chi connectivity index (χ0n) is 23.2. The second kappa shape index (κ2) is 10.5. The summed E-state index contributed by atoms with van der Waals surface area (Å²) in [6.07, 6.45) is 0. The van der Waals surface area contributed by atoms with Gasteiger partial charge >= 0.3 is 0 Å². The van der Waals surface area contributed by atoms with Gasteiger partial charge in [-0.2, -0.15) is 0 Å². The fourth-order valence-corrected chi connectivity index (χ4v) is 5.54. The van der Waals surface area contributed by atoms with Crippen LogP contribution in [0.15, 0.2) is 156 Å². The molecule has 8 rings (SSSR count). The molecule has 0 aliphatic heterocycles. The molecule has 0 atom stereocenters. The van der Waals surface area contributed by atoms with Crippen LogP contribution in [0.3, 0.4) is 0 Å². The zero-order valence-corrected chi connectivity index (χ0v) is 23.2. The van der Waals surface area contributed by atoms with Gasteiger partial charge in [0, 0.05) is 27.5 Å². The largest absolute Gasteiger partial charge is 0.456 e. The third-order valence-corrected chi connectivity index (χ3v) is 7.75. The topological polar surface area (TPSA) is 51.8 Å². The smallest absolute Gasteiger partial charge is 0.164 e. The lowest BCUT2D eigenvalue weighted by molar-refractivity contribution is 0.669. The maximum atomic E-state index is 6.13. The van der Waals surface area contributed by atoms with Crippen LogP contribution < -0.4 is 0 Å². The van der Waals surface area contributed by atoms with Crippen molar-refractivity contribution in [3.05, 3.63) is 152 Å². The minimum absolute atomic E-state index is 0.633. The molecule has 0 radical (unpaired) electrons. The second-order valence-corrected chi connectivity index (χ2v) is 10.5. The molecule has 0 amide bonds. The quantitative estimate of drug-likeness (QED) is 0.214. The molecule has 0 saturated heterocycles. The predicted octanol–water partition coefficient (Wildman–Crippen LogP) is 10.1. The lowest BCUT2D eigenvalue weighted by Crippen LogP contribution is -2.00. The summed E-state index contributed by atoms with van der Waals surface area (Å²) in [4.78, 5) is 14.8. The number of furan rings is 1. The maximum absolute atomic E-state index is 6.13. The van der Waals surface area contributed by atoms with Crippen molar-refractivity contribution in [1.29, 1.82) is 0 Å². The first-order valence-electron chi connectivity index (χ1n) is 14.3. The number of hydrogen-bond acceptors (Lipinski definition) is 4. The highest BCUT2D eigenvalue weighted by Gasteiger charge is 2.14. The van der Waals surface area contributed by atoms with Crippen molar-refractivity contribution >= 4 is 21.9 Å². The van der Waals surface area contributed by atoms with Crippen LogP contribution in [0.25, 0.3) is 78.4 Å². The molecule has 0 saturated carbocycles. The summed E-state index contributed by atoms with van der Waals surface area (Å²) in [5, 5.41) is 2.26. The maximum Gasteiger partial charge on any atom is 0.164 e. The van der Waals surface area contributed by atoms with Crippen molar-refractivity contribution < 1.29 is 4.42 Å². The van der Waals surface area contributed by atoms with Gasteiger partial charge in [0.25, 0.3) is 0 Å². The van der Waals surface area contributed by atoms with E-state index in [0.29, 0.717) is 17.5 Å². The monoisotopic (exact) mass is 551 g/mol. The van der Waals surface area contributed by atoms with Crippen LogP contribution in [-0.4, -0.2) is 15.0 Å². The standard InChI is InChI=1S/C39H25N3O/c1-3-10-26(11-4-1)30-14-9-15-32(24-30)39-41-37(28-12-5-2-6-13-28)40-38(42-39)29-20-18-27(19-21-29)31-22-23-34-33-16-7-8-17-35(33)43-36(34)25-31/h1-25H. The Morgan fingerprint density at radius 1 is 0.302 bits per heavy atom. The van der Waals surface area contributed by atoms with E-state index < -0.39 is 0 Å². The van der Waals surface area contributed by atoms with E-state index in [0.717, 1.165) is 60.9 Å². The summed E-state index contributed by atoms with van der Waals surface area (Å²) < 4.78 is 6.13. The highest BCUT2D eigenvalue weighted by molar-refractivity contribution is 6.05. The Labute approximate surface area is 249 Å². The number of nitrogens with zero attached hydrogens (tertiary/aromatic N) is 3. The summed E-state index contributed by atoms with van der Waals surface area (Å²) in [7, 11) is 0. The molecular weight excluding hydrogens is 526 g/mol. The first kappa shape index (κ1) is 24.9. The molecule has 0 aliphatic carbocycles. The van der Waals surface area contributed by atoms with E-state index in [9.17, 15) is 0 Å². The molecule has 2 aromatic heterocycles. The summed E-state index contributed by atoms with van der Waals surface area (Å²) in [6, 6.07) is 51.7. The number of aromatic nitrogens is 3. The number of para-hydroxylation sites is 1. The summed E-state index contributed by atoms with van der Waals surface area (Å²) >= 11 is 0. The van der Waals surface area contributed by atoms with Gasteiger partial charge in [-0.05, 0) is 46.5 Å². The van der Waals surface area contributed by atoms with Crippen LogP contribution in [-0.2, 0) is 0 Å². The lowest BCUT2D eigenvalue weighted by Gasteiger charge is -2.10. The van der Waals surface area contributed by atoms with Gasteiger partial charge in [0.05, 0.1) is 0 Å². The van der Waals surface area contributed by atoms with Gasteiger partial charge in [-0.1, -0.05) is 127 Å². The van der Waals surface area contributed by atoms with E-state index in [1.165, 1.54) is 0 Å². The molecule has 0 N–H and O–H groups in total. The van der Waals surface area contributed by atoms with Crippen LogP contribution in [0.5, 0.6) is 0 Å². The first-order chi connectivity index (χ1) is 21.3. The zero-order chi connectivity index (χ0) is 28.6. The van der Waals surface area contributed by atoms with E-state index in [2.05, 4.69) is 97.1 Å². The van der Waals surface area contributed by atoms with Gasteiger partial charge in [-0.15, -0.1) is 0 Å². The van der Waals surface area contributed by atoms with Crippen molar-refractivity contribution in [3.63, 3.8) is 0 Å². The van der Waals surface area contributed by atoms with Crippen LogP contribution in [0, 0.1) is 0 Å². The molecule has 0 fully saturated rings. The van der Waals surface area contributed by atoms with Gasteiger partial charge in [-0.25, -0.2) is 15.0 Å². The first-order valence-corrected chi connectivity index (χ1v) is 14.3. The van der Waals surface area contributed by atoms with Gasteiger partial charge in [0.2, 0.25) is 0 Å². The normalized spacial score (nSPS) is 11.3. The molecule has 43 heavy (non-hydrogen) atoms. The van der Waals surface area contributed by atoms with Gasteiger partial charge in [0.1, 0.15) is 11.2 Å². The van der Waals surface area contributed by atoms with Crippen molar-refractivity contribution in [2.45, 2.75) is 0 Å². The minimum atomic E-state index is 0.633. The molecule has 202 valence electrons. The molecular formula is C39H25N3O. The average Bonchev–Trinajstić information content (AvgIpc) is 3.47. The third kappa shape index (κ3) is 4.75. The highest BCUT2D eigenvalue weighted by Crippen LogP contribution is 2.33. The van der Waals surface area contributed by atoms with Crippen molar-refractivity contribution in [2.24, 2.45) is 0 Å². The molecule has 8 aromatic rings. The molecule has 4 heteroatoms. The third-order valence-electron chi connectivity index (χ3n) is 7.75. The Morgan fingerprint density at radius 3 is 1.51 bits per heavy atom. The number of rotatable bonds is 5. The number of benzene rings is 6. The molecule has 2 heterocycles. The number of hydrogen-bond donors (Lipinski definition) is 0. The lowest BCUT2D eigenvalue weighted by atomic mass is 10.0. The average molecular weight is 552 g/mol. The van der Waals surface area contributed by atoms with Crippen LogP contribution in [0.4, 0.5) is 0 Å². The van der Waals surface area contributed by atoms with Crippen LogP contribution >= 0.6 is 0 Å². The Kier molecular flexibility index (Phi) is 6.08. The Bertz CT molecular complexity index is 2220. The minimum Gasteiger partial charge on any atom is -0.456 e. The van der Waals surface area contributed by atoms with Crippen molar-refractivity contribution in [3.8, 4) is 56.4 Å². The Hall–Kier alpha value is -5.87. The Balaban J connectivity index is 1.19. The fraction of sp³-hybridized carbons (Fsp3) is 0. The van der Waals surface area contributed by atoms with E-state index in [1.807, 2.05) is 54.6 Å². The summed E-state index contributed by atoms with van der Waals surface area (Å²) in [5.41, 5.74) is 9.06. The summed E-state index contributed by atoms with van der Waals surface area (Å²) in [5.74, 6) is 1.92. The predicted molar refractivity (Wildman–Crippen MR) is 174 cm³/mol. The SMILES string of the molecule is c1ccc(-c2cccc(-c3nc(-c4ccccc4)nc(-c4ccc(-c5ccc6c(c5)oc5ccccc56)cc4)n3)c2)cc1. The van der Waals surface area contributed by atoms with E-state index in [-0.39, 0.29) is 0 Å². The van der Waals surface area contributed by atoms with Gasteiger partial charge in [0.15, 0.2) is 17.5 Å². The Morgan fingerprint density at radius 2 is 0.767 bits per heavy atom. The van der Waals surface area contributed by atoms with Crippen LogP contribution in [0.1, 0.15) is 0 Å². The molecule has 0 bridgehead atoms. The molecule has 4 nitrogen and oxygen atoms in total. The molecule has 0 spiro atoms. The molecule has 0 unspecified atom stereocenters. The van der Waals surface area contributed by atoms with Crippen LogP contribution in [0.2, 0.25) is 0 Å². The van der Waals surface area contributed by atoms with E-state index in [4.69, 9.17) is 19.4 Å². The fourth-order valence-electron chi connectivity index (χ4n) is 5.54. The second-order valence-electron chi connectivity index (χ2n) is 10.5. The van der Waals surface area contributed by atoms with E-state index in [1.54, 1.807) is 0 Å².